The van der Waals surface area contributed by atoms with E-state index in [4.69, 9.17) is 0 Å². The van der Waals surface area contributed by atoms with Crippen LogP contribution in [0.5, 0.6) is 0 Å². The number of unbranched alkanes of at least 4 members (excludes halogenated alkanes) is 1. The molecule has 0 spiro atoms. The average Bonchev–Trinajstić information content (AvgIpc) is 3.39. The Bertz CT molecular complexity index is 811. The fraction of sp³-hybridized carbons (Fsp3) is 0.500. The normalized spacial score (nSPS) is 18.6. The van der Waals surface area contributed by atoms with E-state index in [0.29, 0.717) is 5.78 Å². The summed E-state index contributed by atoms with van der Waals surface area (Å²) in [6, 6.07) is 17.2. The Balaban J connectivity index is 1.25. The summed E-state index contributed by atoms with van der Waals surface area (Å²) in [5.74, 6) is 0.577. The molecule has 2 aromatic carbocycles. The van der Waals surface area contributed by atoms with Gasteiger partial charge >= 0.3 is 0 Å². The van der Waals surface area contributed by atoms with Crippen molar-refractivity contribution in [3.05, 3.63) is 65.2 Å². The molecule has 4 rings (SSSR count). The van der Waals surface area contributed by atoms with Gasteiger partial charge in [-0.25, -0.2) is 0 Å². The summed E-state index contributed by atoms with van der Waals surface area (Å²) in [6.07, 6.45) is 6.84. The zero-order valence-electron chi connectivity index (χ0n) is 17.8. The van der Waals surface area contributed by atoms with Crippen molar-refractivity contribution in [3.63, 3.8) is 0 Å². The number of Topliss-reactive ketones (excluding diaryl/α,β-unsaturated/α-hetero) is 1. The van der Waals surface area contributed by atoms with Crippen molar-refractivity contribution in [1.82, 2.24) is 4.90 Å². The van der Waals surface area contributed by atoms with Crippen LogP contribution in [-0.2, 0) is 13.0 Å². The Morgan fingerprint density at radius 3 is 2.59 bits per heavy atom. The maximum absolute atomic E-state index is 12.8. The first-order valence-electron chi connectivity index (χ1n) is 11.4. The van der Waals surface area contributed by atoms with Crippen LogP contribution in [0.15, 0.2) is 48.5 Å². The first-order valence-corrected chi connectivity index (χ1v) is 11.4. The number of anilines is 1. The lowest BCUT2D eigenvalue weighted by atomic mass is 9.98. The van der Waals surface area contributed by atoms with Gasteiger partial charge in [-0.15, -0.1) is 0 Å². The SMILES string of the molecule is CCN(CCCCC1Cc2cc(N3CCCC3)ccc2C1=O)Cc1ccccc1. The Hall–Kier alpha value is -2.13. The second kappa shape index (κ2) is 9.58. The second-order valence-corrected chi connectivity index (χ2v) is 8.65. The molecule has 3 heteroatoms. The van der Waals surface area contributed by atoms with Crippen LogP contribution >= 0.6 is 0 Å². The van der Waals surface area contributed by atoms with Crippen molar-refractivity contribution in [3.8, 4) is 0 Å². The maximum atomic E-state index is 12.8. The van der Waals surface area contributed by atoms with Crippen molar-refractivity contribution < 1.29 is 4.79 Å². The number of carbonyl (C=O) groups excluding carboxylic acids is 1. The van der Waals surface area contributed by atoms with Crippen molar-refractivity contribution >= 4 is 11.5 Å². The molecule has 0 aromatic heterocycles. The number of ketones is 1. The number of hydrogen-bond donors (Lipinski definition) is 0. The van der Waals surface area contributed by atoms with Crippen LogP contribution in [0.25, 0.3) is 0 Å². The monoisotopic (exact) mass is 390 g/mol. The van der Waals surface area contributed by atoms with Gasteiger partial charge in [-0.05, 0) is 74.5 Å². The Morgan fingerprint density at radius 2 is 1.83 bits per heavy atom. The number of benzene rings is 2. The smallest absolute Gasteiger partial charge is 0.166 e. The van der Waals surface area contributed by atoms with Crippen LogP contribution < -0.4 is 4.90 Å². The molecule has 29 heavy (non-hydrogen) atoms. The van der Waals surface area contributed by atoms with Gasteiger partial charge in [0.1, 0.15) is 0 Å². The molecule has 1 aliphatic heterocycles. The number of fused-ring (bicyclic) bond motifs is 1. The van der Waals surface area contributed by atoms with Crippen LogP contribution in [0.4, 0.5) is 5.69 Å². The lowest BCUT2D eigenvalue weighted by Gasteiger charge is -2.20. The minimum atomic E-state index is 0.197. The highest BCUT2D eigenvalue weighted by atomic mass is 16.1. The van der Waals surface area contributed by atoms with E-state index in [-0.39, 0.29) is 5.92 Å². The second-order valence-electron chi connectivity index (χ2n) is 8.65. The van der Waals surface area contributed by atoms with Crippen LogP contribution in [0.1, 0.15) is 60.5 Å². The highest BCUT2D eigenvalue weighted by Crippen LogP contribution is 2.33. The molecule has 3 nitrogen and oxygen atoms in total. The van der Waals surface area contributed by atoms with Gasteiger partial charge in [-0.2, -0.15) is 0 Å². The summed E-state index contributed by atoms with van der Waals surface area (Å²) in [7, 11) is 0. The van der Waals surface area contributed by atoms with Gasteiger partial charge < -0.3 is 4.90 Å². The molecule has 154 valence electrons. The lowest BCUT2D eigenvalue weighted by Crippen LogP contribution is -2.24. The standard InChI is InChI=1S/C26H34N2O/c1-2-27(20-21-10-4-3-5-11-21)15-7-6-12-22-18-23-19-24(28-16-8-9-17-28)13-14-25(23)26(22)29/h3-5,10-11,13-14,19,22H,2,6-9,12,15-18,20H2,1H3. The predicted octanol–water partition coefficient (Wildman–Crippen LogP) is 5.33. The van der Waals surface area contributed by atoms with Crippen LogP contribution in [0.3, 0.4) is 0 Å². The van der Waals surface area contributed by atoms with E-state index in [0.717, 1.165) is 57.5 Å². The Kier molecular flexibility index (Phi) is 6.66. The molecule has 0 amide bonds. The molecule has 0 radical (unpaired) electrons. The van der Waals surface area contributed by atoms with Gasteiger partial charge in [0.25, 0.3) is 0 Å². The maximum Gasteiger partial charge on any atom is 0.166 e. The third-order valence-corrected chi connectivity index (χ3v) is 6.64. The van der Waals surface area contributed by atoms with E-state index in [1.807, 2.05) is 0 Å². The molecule has 1 fully saturated rings. The first kappa shape index (κ1) is 20.2. The van der Waals surface area contributed by atoms with E-state index < -0.39 is 0 Å². The van der Waals surface area contributed by atoms with Gasteiger partial charge in [0.05, 0.1) is 0 Å². The summed E-state index contributed by atoms with van der Waals surface area (Å²) >= 11 is 0. The lowest BCUT2D eigenvalue weighted by molar-refractivity contribution is 0.0928. The van der Waals surface area contributed by atoms with Crippen LogP contribution in [-0.4, -0.2) is 36.9 Å². The topological polar surface area (TPSA) is 23.6 Å². The van der Waals surface area contributed by atoms with Gasteiger partial charge in [-0.3, -0.25) is 9.69 Å². The summed E-state index contributed by atoms with van der Waals surface area (Å²) in [6.45, 7) is 7.75. The first-order chi connectivity index (χ1) is 14.2. The molecule has 1 unspecified atom stereocenters. The fourth-order valence-corrected chi connectivity index (χ4v) is 4.89. The van der Waals surface area contributed by atoms with Crippen molar-refractivity contribution in [2.75, 3.05) is 31.1 Å². The fourth-order valence-electron chi connectivity index (χ4n) is 4.89. The highest BCUT2D eigenvalue weighted by molar-refractivity contribution is 6.02. The Morgan fingerprint density at radius 1 is 1.03 bits per heavy atom. The Labute approximate surface area is 175 Å². The molecule has 2 aromatic rings. The number of rotatable bonds is 9. The summed E-state index contributed by atoms with van der Waals surface area (Å²) < 4.78 is 0. The van der Waals surface area contributed by atoms with Crippen molar-refractivity contribution in [1.29, 1.82) is 0 Å². The summed E-state index contributed by atoms with van der Waals surface area (Å²) in [5, 5.41) is 0. The molecular formula is C26H34N2O. The zero-order valence-corrected chi connectivity index (χ0v) is 17.8. The molecule has 1 heterocycles. The summed E-state index contributed by atoms with van der Waals surface area (Å²) in [5.41, 5.74) is 4.96. The number of hydrogen-bond acceptors (Lipinski definition) is 3. The molecular weight excluding hydrogens is 356 g/mol. The molecule has 2 aliphatic rings. The molecule has 0 saturated carbocycles. The molecule has 1 aliphatic carbocycles. The minimum Gasteiger partial charge on any atom is -0.372 e. The third-order valence-electron chi connectivity index (χ3n) is 6.64. The average molecular weight is 391 g/mol. The van der Waals surface area contributed by atoms with Crippen molar-refractivity contribution in [2.24, 2.45) is 5.92 Å². The van der Waals surface area contributed by atoms with Crippen molar-refractivity contribution in [2.45, 2.75) is 52.0 Å². The quantitative estimate of drug-likeness (QED) is 0.540. The van der Waals surface area contributed by atoms with Gasteiger partial charge in [0, 0.05) is 36.8 Å². The van der Waals surface area contributed by atoms with E-state index in [1.54, 1.807) is 0 Å². The third kappa shape index (κ3) is 4.90. The van der Waals surface area contributed by atoms with Gasteiger partial charge in [0.15, 0.2) is 5.78 Å². The van der Waals surface area contributed by atoms with Crippen LogP contribution in [0.2, 0.25) is 0 Å². The van der Waals surface area contributed by atoms with Crippen LogP contribution in [0, 0.1) is 5.92 Å². The highest BCUT2D eigenvalue weighted by Gasteiger charge is 2.30. The zero-order chi connectivity index (χ0) is 20.1. The number of carbonyl (C=O) groups is 1. The molecule has 0 bridgehead atoms. The molecule has 1 saturated heterocycles. The van der Waals surface area contributed by atoms with Gasteiger partial charge in [-0.1, -0.05) is 43.7 Å². The molecule has 0 N–H and O–H groups in total. The summed E-state index contributed by atoms with van der Waals surface area (Å²) in [4.78, 5) is 17.8. The van der Waals surface area contributed by atoms with E-state index in [2.05, 4.69) is 65.3 Å². The number of nitrogens with zero attached hydrogens (tertiary/aromatic N) is 2. The van der Waals surface area contributed by atoms with Gasteiger partial charge in [0.2, 0.25) is 0 Å². The van der Waals surface area contributed by atoms with E-state index in [9.17, 15) is 4.79 Å². The predicted molar refractivity (Wildman–Crippen MR) is 121 cm³/mol. The molecule has 1 atom stereocenters. The van der Waals surface area contributed by atoms with E-state index in [1.165, 1.54) is 36.1 Å². The minimum absolute atomic E-state index is 0.197. The largest absolute Gasteiger partial charge is 0.372 e. The van der Waals surface area contributed by atoms with E-state index >= 15 is 0 Å².